The summed E-state index contributed by atoms with van der Waals surface area (Å²) in [6.45, 7) is 8.85. The molecule has 2 rings (SSSR count). The fraction of sp³-hybridized carbons (Fsp3) is 0.647. The van der Waals surface area contributed by atoms with Crippen LogP contribution in [-0.4, -0.2) is 17.3 Å². The first kappa shape index (κ1) is 14.4. The van der Waals surface area contributed by atoms with E-state index in [0.717, 1.165) is 19.3 Å². The molecule has 0 spiro atoms. The molecule has 0 heterocycles. The minimum Gasteiger partial charge on any atom is -0.393 e. The largest absolute Gasteiger partial charge is 0.393 e. The van der Waals surface area contributed by atoms with Crippen molar-refractivity contribution >= 4 is 5.69 Å². The molecule has 0 bridgehead atoms. The van der Waals surface area contributed by atoms with Crippen LogP contribution in [0.1, 0.15) is 52.5 Å². The first-order valence-electron chi connectivity index (χ1n) is 7.41. The third-order valence-electron chi connectivity index (χ3n) is 4.25. The van der Waals surface area contributed by atoms with Gasteiger partial charge in [0.05, 0.1) is 6.10 Å². The van der Waals surface area contributed by atoms with E-state index < -0.39 is 0 Å². The summed E-state index contributed by atoms with van der Waals surface area (Å²) in [5, 5.41) is 13.4. The van der Waals surface area contributed by atoms with Gasteiger partial charge in [-0.15, -0.1) is 0 Å². The van der Waals surface area contributed by atoms with Crippen molar-refractivity contribution in [3.63, 3.8) is 0 Å². The van der Waals surface area contributed by atoms with E-state index in [2.05, 4.69) is 57.3 Å². The first-order chi connectivity index (χ1) is 8.86. The van der Waals surface area contributed by atoms with Gasteiger partial charge in [0, 0.05) is 11.7 Å². The van der Waals surface area contributed by atoms with E-state index in [-0.39, 0.29) is 11.5 Å². The Balaban J connectivity index is 1.97. The summed E-state index contributed by atoms with van der Waals surface area (Å²) in [6.07, 6.45) is 2.93. The Bertz CT molecular complexity index is 404. The summed E-state index contributed by atoms with van der Waals surface area (Å²) in [7, 11) is 0. The van der Waals surface area contributed by atoms with Crippen LogP contribution in [0.2, 0.25) is 0 Å². The van der Waals surface area contributed by atoms with E-state index in [1.807, 2.05) is 0 Å². The summed E-state index contributed by atoms with van der Waals surface area (Å²) >= 11 is 0. The van der Waals surface area contributed by atoms with Crippen molar-refractivity contribution < 1.29 is 5.11 Å². The molecule has 2 nitrogen and oxygen atoms in total. The van der Waals surface area contributed by atoms with Gasteiger partial charge in [0.25, 0.3) is 0 Å². The van der Waals surface area contributed by atoms with Crippen molar-refractivity contribution in [2.45, 2.75) is 64.5 Å². The molecule has 1 fully saturated rings. The molecule has 1 aromatic carbocycles. The molecular weight excluding hydrogens is 234 g/mol. The highest BCUT2D eigenvalue weighted by Gasteiger charge is 2.25. The maximum atomic E-state index is 9.76. The van der Waals surface area contributed by atoms with Crippen LogP contribution >= 0.6 is 0 Å². The average Bonchev–Trinajstić information content (AvgIpc) is 2.33. The number of aliphatic hydroxyl groups is 1. The van der Waals surface area contributed by atoms with E-state index in [9.17, 15) is 5.11 Å². The summed E-state index contributed by atoms with van der Waals surface area (Å²) in [5.74, 6) is 0.403. The molecule has 3 atom stereocenters. The fourth-order valence-electron chi connectivity index (χ4n) is 2.81. The summed E-state index contributed by atoms with van der Waals surface area (Å²) < 4.78 is 0. The number of nitrogens with one attached hydrogen (secondary N) is 1. The fourth-order valence-corrected chi connectivity index (χ4v) is 2.81. The van der Waals surface area contributed by atoms with Crippen molar-refractivity contribution in [1.29, 1.82) is 0 Å². The lowest BCUT2D eigenvalue weighted by atomic mass is 9.84. The Labute approximate surface area is 117 Å². The summed E-state index contributed by atoms with van der Waals surface area (Å²) in [5.41, 5.74) is 2.77. The van der Waals surface area contributed by atoms with Gasteiger partial charge in [0.15, 0.2) is 0 Å². The Morgan fingerprint density at radius 1 is 1.11 bits per heavy atom. The monoisotopic (exact) mass is 261 g/mol. The minimum atomic E-state index is -0.110. The van der Waals surface area contributed by atoms with Gasteiger partial charge in [0.2, 0.25) is 0 Å². The highest BCUT2D eigenvalue weighted by molar-refractivity contribution is 5.46. The van der Waals surface area contributed by atoms with Crippen LogP contribution in [0, 0.1) is 5.92 Å². The van der Waals surface area contributed by atoms with Crippen LogP contribution < -0.4 is 5.32 Å². The van der Waals surface area contributed by atoms with Gasteiger partial charge in [0.1, 0.15) is 0 Å². The molecule has 0 saturated heterocycles. The summed E-state index contributed by atoms with van der Waals surface area (Å²) in [4.78, 5) is 0. The maximum absolute atomic E-state index is 9.76. The van der Waals surface area contributed by atoms with Gasteiger partial charge in [-0.3, -0.25) is 0 Å². The Hall–Kier alpha value is -1.02. The lowest BCUT2D eigenvalue weighted by molar-refractivity contribution is 0.0748. The van der Waals surface area contributed by atoms with Crippen LogP contribution in [0.4, 0.5) is 5.69 Å². The molecule has 2 N–H and O–H groups in total. The standard InChI is InChI=1S/C17H27NO/c1-12-11-15(9-10-16(12)19)18-14-7-5-13(6-8-14)17(2,3)4/h5-8,12,15-16,18-19H,9-11H2,1-4H3. The predicted molar refractivity (Wildman–Crippen MR) is 81.6 cm³/mol. The van der Waals surface area contributed by atoms with Crippen molar-refractivity contribution in [1.82, 2.24) is 0 Å². The Morgan fingerprint density at radius 2 is 1.74 bits per heavy atom. The lowest BCUT2D eigenvalue weighted by Crippen LogP contribution is -2.34. The van der Waals surface area contributed by atoms with Crippen molar-refractivity contribution in [3.8, 4) is 0 Å². The maximum Gasteiger partial charge on any atom is 0.0567 e. The third kappa shape index (κ3) is 3.73. The van der Waals surface area contributed by atoms with Gasteiger partial charge in [-0.25, -0.2) is 0 Å². The molecule has 0 aliphatic heterocycles. The van der Waals surface area contributed by atoms with E-state index in [1.54, 1.807) is 0 Å². The molecule has 0 amide bonds. The Morgan fingerprint density at radius 3 is 2.26 bits per heavy atom. The summed E-state index contributed by atoms with van der Waals surface area (Å²) in [6, 6.07) is 9.28. The number of hydrogen-bond donors (Lipinski definition) is 2. The van der Waals surface area contributed by atoms with Crippen molar-refractivity contribution in [2.75, 3.05) is 5.32 Å². The molecule has 1 saturated carbocycles. The molecule has 0 radical (unpaired) electrons. The van der Waals surface area contributed by atoms with E-state index in [1.165, 1.54) is 11.3 Å². The average molecular weight is 261 g/mol. The van der Waals surface area contributed by atoms with Gasteiger partial charge < -0.3 is 10.4 Å². The molecule has 19 heavy (non-hydrogen) atoms. The molecular formula is C17H27NO. The SMILES string of the molecule is CC1CC(Nc2ccc(C(C)(C)C)cc2)CCC1O. The van der Waals surface area contributed by atoms with E-state index >= 15 is 0 Å². The highest BCUT2D eigenvalue weighted by atomic mass is 16.3. The van der Waals surface area contributed by atoms with Gasteiger partial charge in [-0.1, -0.05) is 39.8 Å². The van der Waals surface area contributed by atoms with Crippen molar-refractivity contribution in [2.24, 2.45) is 5.92 Å². The van der Waals surface area contributed by atoms with Gasteiger partial charge in [-0.05, 0) is 48.3 Å². The second kappa shape index (κ2) is 5.54. The minimum absolute atomic E-state index is 0.110. The number of rotatable bonds is 2. The highest BCUT2D eigenvalue weighted by Crippen LogP contribution is 2.28. The zero-order valence-corrected chi connectivity index (χ0v) is 12.6. The Kier molecular flexibility index (Phi) is 4.19. The molecule has 106 valence electrons. The third-order valence-corrected chi connectivity index (χ3v) is 4.25. The van der Waals surface area contributed by atoms with Crippen LogP contribution in [0.15, 0.2) is 24.3 Å². The molecule has 3 unspecified atom stereocenters. The van der Waals surface area contributed by atoms with Crippen LogP contribution in [0.25, 0.3) is 0 Å². The normalized spacial score (nSPS) is 28.2. The van der Waals surface area contributed by atoms with Gasteiger partial charge in [-0.2, -0.15) is 0 Å². The zero-order valence-electron chi connectivity index (χ0n) is 12.6. The molecule has 1 aliphatic carbocycles. The smallest absolute Gasteiger partial charge is 0.0567 e. The molecule has 1 aromatic rings. The van der Waals surface area contributed by atoms with Gasteiger partial charge >= 0.3 is 0 Å². The molecule has 0 aromatic heterocycles. The lowest BCUT2D eigenvalue weighted by Gasteiger charge is -2.32. The van der Waals surface area contributed by atoms with Crippen LogP contribution in [-0.2, 0) is 5.41 Å². The topological polar surface area (TPSA) is 32.3 Å². The van der Waals surface area contributed by atoms with Crippen molar-refractivity contribution in [3.05, 3.63) is 29.8 Å². The van der Waals surface area contributed by atoms with Crippen LogP contribution in [0.3, 0.4) is 0 Å². The second-order valence-electron chi connectivity index (χ2n) is 7.03. The first-order valence-corrected chi connectivity index (χ1v) is 7.41. The second-order valence-corrected chi connectivity index (χ2v) is 7.03. The number of benzene rings is 1. The predicted octanol–water partition coefficient (Wildman–Crippen LogP) is 3.95. The van der Waals surface area contributed by atoms with Crippen LogP contribution in [0.5, 0.6) is 0 Å². The number of anilines is 1. The number of aliphatic hydroxyl groups excluding tert-OH is 1. The number of hydrogen-bond acceptors (Lipinski definition) is 2. The zero-order chi connectivity index (χ0) is 14.0. The molecule has 2 heteroatoms. The quantitative estimate of drug-likeness (QED) is 0.845. The molecule has 1 aliphatic rings. The van der Waals surface area contributed by atoms with E-state index in [4.69, 9.17) is 0 Å². The van der Waals surface area contributed by atoms with E-state index in [0.29, 0.717) is 12.0 Å².